The first-order valence-electron chi connectivity index (χ1n) is 6.01. The quantitative estimate of drug-likeness (QED) is 0.893. The molecule has 6 heteroatoms. The van der Waals surface area contributed by atoms with Gasteiger partial charge in [0.15, 0.2) is 0 Å². The number of hydrogen-bond acceptors (Lipinski definition) is 3. The van der Waals surface area contributed by atoms with Gasteiger partial charge in [-0.25, -0.2) is 4.39 Å². The summed E-state index contributed by atoms with van der Waals surface area (Å²) in [6.45, 7) is 3.77. The highest BCUT2D eigenvalue weighted by Gasteiger charge is 2.16. The molecule has 1 heterocycles. The van der Waals surface area contributed by atoms with Gasteiger partial charge in [-0.05, 0) is 30.7 Å². The van der Waals surface area contributed by atoms with Gasteiger partial charge in [0.1, 0.15) is 5.82 Å². The zero-order valence-electron chi connectivity index (χ0n) is 10.7. The second-order valence-electron chi connectivity index (χ2n) is 4.50. The standard InChI is InChI=1S/C13H17FN2O2.ClH/c1-9-4-10(14)6-11(5-9)16-13(17)7-12-8-18-3-2-15-12;/h4-6,12,15H,2-3,7-8H2,1H3,(H,16,17);1H. The van der Waals surface area contributed by atoms with Gasteiger partial charge in [0.05, 0.1) is 13.2 Å². The minimum atomic E-state index is -0.343. The molecule has 1 saturated heterocycles. The number of carbonyl (C=O) groups excluding carboxylic acids is 1. The molecule has 0 aliphatic carbocycles. The van der Waals surface area contributed by atoms with Gasteiger partial charge in [0, 0.05) is 24.7 Å². The van der Waals surface area contributed by atoms with Crippen LogP contribution in [0.4, 0.5) is 10.1 Å². The highest BCUT2D eigenvalue weighted by molar-refractivity contribution is 5.91. The molecule has 0 saturated carbocycles. The van der Waals surface area contributed by atoms with E-state index in [0.717, 1.165) is 12.1 Å². The number of amides is 1. The lowest BCUT2D eigenvalue weighted by Gasteiger charge is -2.23. The lowest BCUT2D eigenvalue weighted by Crippen LogP contribution is -2.43. The van der Waals surface area contributed by atoms with Crippen molar-refractivity contribution in [3.8, 4) is 0 Å². The molecule has 4 nitrogen and oxygen atoms in total. The molecule has 2 rings (SSSR count). The molecular formula is C13H18ClFN2O2. The van der Waals surface area contributed by atoms with Crippen LogP contribution >= 0.6 is 12.4 Å². The molecule has 1 unspecified atom stereocenters. The number of morpholine rings is 1. The second kappa shape index (κ2) is 7.43. The van der Waals surface area contributed by atoms with Gasteiger partial charge in [-0.15, -0.1) is 12.4 Å². The van der Waals surface area contributed by atoms with E-state index in [2.05, 4.69) is 10.6 Å². The minimum Gasteiger partial charge on any atom is -0.378 e. The van der Waals surface area contributed by atoms with E-state index in [1.54, 1.807) is 13.0 Å². The molecular weight excluding hydrogens is 271 g/mol. The lowest BCUT2D eigenvalue weighted by molar-refractivity contribution is -0.117. The van der Waals surface area contributed by atoms with Crippen LogP contribution in [0.1, 0.15) is 12.0 Å². The SMILES string of the molecule is Cc1cc(F)cc(NC(=O)CC2COCCN2)c1.Cl. The fourth-order valence-electron chi connectivity index (χ4n) is 2.00. The van der Waals surface area contributed by atoms with Crippen LogP contribution in [0.25, 0.3) is 0 Å². The number of benzene rings is 1. The monoisotopic (exact) mass is 288 g/mol. The largest absolute Gasteiger partial charge is 0.378 e. The van der Waals surface area contributed by atoms with Gasteiger partial charge in [0.25, 0.3) is 0 Å². The summed E-state index contributed by atoms with van der Waals surface area (Å²) < 4.78 is 18.4. The van der Waals surface area contributed by atoms with Gasteiger partial charge < -0.3 is 15.4 Å². The second-order valence-corrected chi connectivity index (χ2v) is 4.50. The fraction of sp³-hybridized carbons (Fsp3) is 0.462. The maximum absolute atomic E-state index is 13.2. The highest BCUT2D eigenvalue weighted by atomic mass is 35.5. The van der Waals surface area contributed by atoms with Crippen molar-refractivity contribution in [3.63, 3.8) is 0 Å². The van der Waals surface area contributed by atoms with Crippen LogP contribution in [0.5, 0.6) is 0 Å². The van der Waals surface area contributed by atoms with E-state index < -0.39 is 0 Å². The Morgan fingerprint density at radius 2 is 2.32 bits per heavy atom. The van der Waals surface area contributed by atoms with E-state index in [-0.39, 0.29) is 30.2 Å². The summed E-state index contributed by atoms with van der Waals surface area (Å²) in [7, 11) is 0. The summed E-state index contributed by atoms with van der Waals surface area (Å²) >= 11 is 0. The van der Waals surface area contributed by atoms with Crippen LogP contribution in [-0.4, -0.2) is 31.7 Å². The van der Waals surface area contributed by atoms with E-state index in [1.807, 2.05) is 0 Å². The molecule has 1 aliphatic rings. The summed E-state index contributed by atoms with van der Waals surface area (Å²) in [6.07, 6.45) is 0.329. The Bertz CT molecular complexity index is 416. The van der Waals surface area contributed by atoms with Crippen molar-refractivity contribution in [1.82, 2.24) is 5.32 Å². The first kappa shape index (κ1) is 15.9. The molecule has 19 heavy (non-hydrogen) atoms. The lowest BCUT2D eigenvalue weighted by atomic mass is 10.1. The molecule has 1 aliphatic heterocycles. The van der Waals surface area contributed by atoms with Crippen molar-refractivity contribution < 1.29 is 13.9 Å². The van der Waals surface area contributed by atoms with E-state index in [1.165, 1.54) is 12.1 Å². The van der Waals surface area contributed by atoms with Crippen molar-refractivity contribution in [3.05, 3.63) is 29.6 Å². The van der Waals surface area contributed by atoms with Crippen molar-refractivity contribution in [1.29, 1.82) is 0 Å². The third kappa shape index (κ3) is 5.14. The zero-order chi connectivity index (χ0) is 13.0. The van der Waals surface area contributed by atoms with Crippen LogP contribution < -0.4 is 10.6 Å². The smallest absolute Gasteiger partial charge is 0.226 e. The summed E-state index contributed by atoms with van der Waals surface area (Å²) in [5.74, 6) is -0.479. The first-order valence-corrected chi connectivity index (χ1v) is 6.01. The third-order valence-corrected chi connectivity index (χ3v) is 2.76. The molecule has 0 aromatic heterocycles. The number of hydrogen-bond donors (Lipinski definition) is 2. The number of aryl methyl sites for hydroxylation is 1. The molecule has 2 N–H and O–H groups in total. The number of anilines is 1. The molecule has 0 spiro atoms. The zero-order valence-corrected chi connectivity index (χ0v) is 11.6. The third-order valence-electron chi connectivity index (χ3n) is 2.76. The normalized spacial score (nSPS) is 18.5. The Morgan fingerprint density at radius 1 is 1.53 bits per heavy atom. The first-order chi connectivity index (χ1) is 8.63. The molecule has 1 aromatic carbocycles. The molecule has 0 bridgehead atoms. The predicted octanol–water partition coefficient (Wildman–Crippen LogP) is 1.87. The topological polar surface area (TPSA) is 50.4 Å². The summed E-state index contributed by atoms with van der Waals surface area (Å²) in [6, 6.07) is 4.52. The number of nitrogens with one attached hydrogen (secondary N) is 2. The van der Waals surface area contributed by atoms with Crippen LogP contribution in [0.2, 0.25) is 0 Å². The van der Waals surface area contributed by atoms with Gasteiger partial charge in [-0.2, -0.15) is 0 Å². The van der Waals surface area contributed by atoms with Crippen molar-refractivity contribution in [2.24, 2.45) is 0 Å². The van der Waals surface area contributed by atoms with Gasteiger partial charge >= 0.3 is 0 Å². The molecule has 1 aromatic rings. The van der Waals surface area contributed by atoms with Crippen molar-refractivity contribution in [2.75, 3.05) is 25.1 Å². The number of carbonyl (C=O) groups is 1. The summed E-state index contributed by atoms with van der Waals surface area (Å²) in [5, 5.41) is 5.90. The van der Waals surface area contributed by atoms with E-state index in [9.17, 15) is 9.18 Å². The Balaban J connectivity index is 0.00000180. The van der Waals surface area contributed by atoms with Crippen LogP contribution in [0.3, 0.4) is 0 Å². The predicted molar refractivity (Wildman–Crippen MR) is 74.2 cm³/mol. The number of rotatable bonds is 3. The number of ether oxygens (including phenoxy) is 1. The maximum atomic E-state index is 13.2. The molecule has 1 atom stereocenters. The maximum Gasteiger partial charge on any atom is 0.226 e. The summed E-state index contributed by atoms with van der Waals surface area (Å²) in [5.41, 5.74) is 1.28. The Labute approximate surface area is 118 Å². The van der Waals surface area contributed by atoms with Crippen LogP contribution in [0.15, 0.2) is 18.2 Å². The number of halogens is 2. The average molecular weight is 289 g/mol. The van der Waals surface area contributed by atoms with E-state index >= 15 is 0 Å². The van der Waals surface area contributed by atoms with E-state index in [0.29, 0.717) is 25.3 Å². The molecule has 0 radical (unpaired) electrons. The minimum absolute atomic E-state index is 0. The van der Waals surface area contributed by atoms with Crippen molar-refractivity contribution in [2.45, 2.75) is 19.4 Å². The molecule has 1 amide bonds. The van der Waals surface area contributed by atoms with Crippen LogP contribution in [0, 0.1) is 12.7 Å². The van der Waals surface area contributed by atoms with Crippen molar-refractivity contribution >= 4 is 24.0 Å². The Hall–Kier alpha value is -1.17. The fourth-order valence-corrected chi connectivity index (χ4v) is 2.00. The van der Waals surface area contributed by atoms with Crippen LogP contribution in [-0.2, 0) is 9.53 Å². The molecule has 1 fully saturated rings. The van der Waals surface area contributed by atoms with E-state index in [4.69, 9.17) is 4.74 Å². The van der Waals surface area contributed by atoms with Gasteiger partial charge in [-0.1, -0.05) is 0 Å². The Morgan fingerprint density at radius 3 is 2.95 bits per heavy atom. The Kier molecular flexibility index (Phi) is 6.21. The molecule has 106 valence electrons. The highest BCUT2D eigenvalue weighted by Crippen LogP contribution is 2.14. The van der Waals surface area contributed by atoms with Gasteiger partial charge in [-0.3, -0.25) is 4.79 Å². The summed E-state index contributed by atoms with van der Waals surface area (Å²) in [4.78, 5) is 11.8. The van der Waals surface area contributed by atoms with Gasteiger partial charge in [0.2, 0.25) is 5.91 Å². The average Bonchev–Trinajstić information content (AvgIpc) is 2.28.